The first-order chi connectivity index (χ1) is 12.3. The van der Waals surface area contributed by atoms with Crippen LogP contribution >= 0.6 is 11.6 Å². The van der Waals surface area contributed by atoms with Gasteiger partial charge in [0.2, 0.25) is 11.7 Å². The third-order valence-electron chi connectivity index (χ3n) is 4.20. The molecule has 1 aliphatic rings. The Morgan fingerprint density at radius 3 is 2.76 bits per heavy atom. The fourth-order valence-electron chi connectivity index (χ4n) is 2.85. The smallest absolute Gasteiger partial charge is 0.231 e. The number of hydrogen-bond acceptors (Lipinski definition) is 5. The standard InChI is InChI=1S/C19H18ClN3O2/c20-17-4-2-1-3-14(17)11-18-22-19(23-25-18)13-5-7-15(8-6-13)24-16-9-10-21-12-16/h1-8,16,21H,9-12H2/t16-/m1/s1. The lowest BCUT2D eigenvalue weighted by molar-refractivity contribution is 0.223. The Bertz CT molecular complexity index is 842. The number of benzene rings is 2. The second-order valence-electron chi connectivity index (χ2n) is 6.04. The van der Waals surface area contributed by atoms with Gasteiger partial charge in [-0.3, -0.25) is 0 Å². The van der Waals surface area contributed by atoms with E-state index < -0.39 is 0 Å². The number of halogens is 1. The lowest BCUT2D eigenvalue weighted by Gasteiger charge is -2.12. The topological polar surface area (TPSA) is 60.2 Å². The first-order valence-electron chi connectivity index (χ1n) is 8.32. The van der Waals surface area contributed by atoms with Gasteiger partial charge < -0.3 is 14.6 Å². The van der Waals surface area contributed by atoms with Crippen molar-refractivity contribution in [2.45, 2.75) is 18.9 Å². The summed E-state index contributed by atoms with van der Waals surface area (Å²) in [7, 11) is 0. The molecule has 2 aromatic carbocycles. The van der Waals surface area contributed by atoms with Crippen LogP contribution in [0.4, 0.5) is 0 Å². The van der Waals surface area contributed by atoms with Crippen LogP contribution in [0, 0.1) is 0 Å². The Kier molecular flexibility index (Phi) is 4.68. The zero-order valence-corrected chi connectivity index (χ0v) is 14.4. The molecule has 1 atom stereocenters. The van der Waals surface area contributed by atoms with Crippen LogP contribution in [0.1, 0.15) is 17.9 Å². The molecule has 2 heterocycles. The van der Waals surface area contributed by atoms with Crippen molar-refractivity contribution in [3.63, 3.8) is 0 Å². The maximum Gasteiger partial charge on any atom is 0.231 e. The summed E-state index contributed by atoms with van der Waals surface area (Å²) in [5.41, 5.74) is 1.86. The van der Waals surface area contributed by atoms with Crippen LogP contribution in [-0.2, 0) is 6.42 Å². The van der Waals surface area contributed by atoms with Gasteiger partial charge in [-0.2, -0.15) is 4.98 Å². The minimum absolute atomic E-state index is 0.248. The number of nitrogens with zero attached hydrogens (tertiary/aromatic N) is 2. The number of aromatic nitrogens is 2. The van der Waals surface area contributed by atoms with Crippen LogP contribution < -0.4 is 10.1 Å². The van der Waals surface area contributed by atoms with Gasteiger partial charge in [0.15, 0.2) is 0 Å². The van der Waals surface area contributed by atoms with E-state index in [4.69, 9.17) is 20.9 Å². The predicted molar refractivity (Wildman–Crippen MR) is 95.9 cm³/mol. The summed E-state index contributed by atoms with van der Waals surface area (Å²) in [6.07, 6.45) is 1.80. The van der Waals surface area contributed by atoms with E-state index in [1.807, 2.05) is 48.5 Å². The maximum atomic E-state index is 6.18. The van der Waals surface area contributed by atoms with Gasteiger partial charge in [-0.15, -0.1) is 0 Å². The van der Waals surface area contributed by atoms with E-state index in [0.29, 0.717) is 23.2 Å². The van der Waals surface area contributed by atoms with Crippen LogP contribution in [0.5, 0.6) is 5.75 Å². The van der Waals surface area contributed by atoms with E-state index in [1.54, 1.807) is 0 Å². The molecule has 3 aromatic rings. The minimum Gasteiger partial charge on any atom is -0.489 e. The van der Waals surface area contributed by atoms with E-state index >= 15 is 0 Å². The summed E-state index contributed by atoms with van der Waals surface area (Å²) >= 11 is 6.18. The van der Waals surface area contributed by atoms with Crippen molar-refractivity contribution in [3.8, 4) is 17.1 Å². The second kappa shape index (κ2) is 7.25. The largest absolute Gasteiger partial charge is 0.489 e. The summed E-state index contributed by atoms with van der Waals surface area (Å²) < 4.78 is 11.3. The highest BCUT2D eigenvalue weighted by Gasteiger charge is 2.16. The van der Waals surface area contributed by atoms with Crippen molar-refractivity contribution >= 4 is 11.6 Å². The molecule has 5 nitrogen and oxygen atoms in total. The Labute approximate surface area is 151 Å². The molecule has 1 aromatic heterocycles. The predicted octanol–water partition coefficient (Wildman–Crippen LogP) is 3.72. The highest BCUT2D eigenvalue weighted by atomic mass is 35.5. The first-order valence-corrected chi connectivity index (χ1v) is 8.69. The van der Waals surface area contributed by atoms with Crippen LogP contribution in [0.25, 0.3) is 11.4 Å². The number of nitrogens with one attached hydrogen (secondary N) is 1. The lowest BCUT2D eigenvalue weighted by atomic mass is 10.1. The number of rotatable bonds is 5. The molecule has 25 heavy (non-hydrogen) atoms. The molecule has 0 bridgehead atoms. The van der Waals surface area contributed by atoms with E-state index in [0.717, 1.165) is 36.4 Å². The molecular weight excluding hydrogens is 338 g/mol. The van der Waals surface area contributed by atoms with Crippen molar-refractivity contribution in [2.75, 3.05) is 13.1 Å². The fourth-order valence-corrected chi connectivity index (χ4v) is 3.05. The Morgan fingerprint density at radius 1 is 1.16 bits per heavy atom. The van der Waals surface area contributed by atoms with Crippen molar-refractivity contribution < 1.29 is 9.26 Å². The van der Waals surface area contributed by atoms with Gasteiger partial charge in [-0.25, -0.2) is 0 Å². The molecule has 0 aliphatic carbocycles. The summed E-state index contributed by atoms with van der Waals surface area (Å²) in [5, 5.41) is 8.05. The number of hydrogen-bond donors (Lipinski definition) is 1. The van der Waals surface area contributed by atoms with Crippen LogP contribution in [0.15, 0.2) is 53.1 Å². The highest BCUT2D eigenvalue weighted by molar-refractivity contribution is 6.31. The molecule has 128 valence electrons. The molecular formula is C19H18ClN3O2. The second-order valence-corrected chi connectivity index (χ2v) is 6.44. The van der Waals surface area contributed by atoms with Crippen LogP contribution in [0.2, 0.25) is 5.02 Å². The molecule has 1 N–H and O–H groups in total. The molecule has 0 saturated carbocycles. The molecule has 0 spiro atoms. The van der Waals surface area contributed by atoms with Crippen molar-refractivity contribution in [3.05, 3.63) is 65.0 Å². The van der Waals surface area contributed by atoms with E-state index in [2.05, 4.69) is 15.5 Å². The Hall–Kier alpha value is -2.37. The van der Waals surface area contributed by atoms with Gasteiger partial charge in [0.1, 0.15) is 11.9 Å². The summed E-state index contributed by atoms with van der Waals surface area (Å²) in [5.74, 6) is 1.97. The van der Waals surface area contributed by atoms with Crippen molar-refractivity contribution in [1.29, 1.82) is 0 Å². The zero-order valence-electron chi connectivity index (χ0n) is 13.6. The quantitative estimate of drug-likeness (QED) is 0.755. The van der Waals surface area contributed by atoms with Crippen molar-refractivity contribution in [2.24, 2.45) is 0 Å². The minimum atomic E-state index is 0.248. The summed E-state index contributed by atoms with van der Waals surface area (Å²) in [4.78, 5) is 4.46. The highest BCUT2D eigenvalue weighted by Crippen LogP contribution is 2.23. The van der Waals surface area contributed by atoms with E-state index in [9.17, 15) is 0 Å². The van der Waals surface area contributed by atoms with Gasteiger partial charge in [0.25, 0.3) is 0 Å². The van der Waals surface area contributed by atoms with Gasteiger partial charge in [0, 0.05) is 17.1 Å². The Balaban J connectivity index is 1.45. The summed E-state index contributed by atoms with van der Waals surface area (Å²) in [6, 6.07) is 15.4. The average molecular weight is 356 g/mol. The molecule has 0 unspecified atom stereocenters. The van der Waals surface area contributed by atoms with Crippen LogP contribution in [-0.4, -0.2) is 29.3 Å². The zero-order chi connectivity index (χ0) is 17.1. The van der Waals surface area contributed by atoms with E-state index in [1.165, 1.54) is 0 Å². The molecule has 1 fully saturated rings. The normalized spacial score (nSPS) is 16.9. The SMILES string of the molecule is Clc1ccccc1Cc1nc(-c2ccc(O[C@@H]3CCNC3)cc2)no1. The maximum absolute atomic E-state index is 6.18. The third-order valence-corrected chi connectivity index (χ3v) is 4.57. The summed E-state index contributed by atoms with van der Waals surface area (Å²) in [6.45, 7) is 1.91. The molecule has 0 radical (unpaired) electrons. The third kappa shape index (κ3) is 3.83. The molecule has 1 aliphatic heterocycles. The van der Waals surface area contributed by atoms with Gasteiger partial charge in [0.05, 0.1) is 6.42 Å². The van der Waals surface area contributed by atoms with Gasteiger partial charge in [-0.05, 0) is 48.9 Å². The number of ether oxygens (including phenoxy) is 1. The van der Waals surface area contributed by atoms with Crippen molar-refractivity contribution in [1.82, 2.24) is 15.5 Å². The fraction of sp³-hybridized carbons (Fsp3) is 0.263. The molecule has 1 saturated heterocycles. The molecule has 0 amide bonds. The average Bonchev–Trinajstić information content (AvgIpc) is 3.30. The molecule has 6 heteroatoms. The monoisotopic (exact) mass is 355 g/mol. The van der Waals surface area contributed by atoms with Gasteiger partial charge >= 0.3 is 0 Å². The lowest BCUT2D eigenvalue weighted by Crippen LogP contribution is -2.19. The van der Waals surface area contributed by atoms with Crippen LogP contribution in [0.3, 0.4) is 0 Å². The first kappa shape index (κ1) is 16.1. The van der Waals surface area contributed by atoms with E-state index in [-0.39, 0.29) is 6.10 Å². The Morgan fingerprint density at radius 2 is 2.00 bits per heavy atom. The van der Waals surface area contributed by atoms with Gasteiger partial charge in [-0.1, -0.05) is 35.0 Å². The molecule has 4 rings (SSSR count).